The van der Waals surface area contributed by atoms with Crippen LogP contribution in [0.25, 0.3) is 5.82 Å². The number of aromatic hydroxyl groups is 1. The molecule has 0 radical (unpaired) electrons. The van der Waals surface area contributed by atoms with Crippen molar-refractivity contribution in [2.24, 2.45) is 0 Å². The molecule has 2 atom stereocenters. The molecule has 0 saturated carbocycles. The van der Waals surface area contributed by atoms with Gasteiger partial charge >= 0.3 is 0 Å². The SMILES string of the molecule is Cc1cc([C@H]2[C@H](c3ccccn3)NC(=S)N2c2ccc(O)cc2)c(C)n1-c1ccccn1. The van der Waals surface area contributed by atoms with Gasteiger partial charge in [-0.25, -0.2) is 4.98 Å². The summed E-state index contributed by atoms with van der Waals surface area (Å²) in [6, 6.07) is 20.9. The molecule has 4 aromatic rings. The molecular weight excluding hydrogens is 418 g/mol. The summed E-state index contributed by atoms with van der Waals surface area (Å²) in [5.74, 6) is 1.10. The highest BCUT2D eigenvalue weighted by Gasteiger charge is 2.42. The fourth-order valence-electron chi connectivity index (χ4n) is 4.49. The van der Waals surface area contributed by atoms with E-state index in [1.807, 2.05) is 48.5 Å². The van der Waals surface area contributed by atoms with Gasteiger partial charge in [0.1, 0.15) is 11.6 Å². The van der Waals surface area contributed by atoms with Crippen molar-refractivity contribution in [1.29, 1.82) is 0 Å². The number of thiocarbonyl (C=S) groups is 1. The number of nitrogens with one attached hydrogen (secondary N) is 1. The van der Waals surface area contributed by atoms with Crippen LogP contribution in [0.2, 0.25) is 0 Å². The lowest BCUT2D eigenvalue weighted by Crippen LogP contribution is -2.29. The van der Waals surface area contributed by atoms with Crippen molar-refractivity contribution < 1.29 is 5.11 Å². The van der Waals surface area contributed by atoms with Crippen molar-refractivity contribution in [3.63, 3.8) is 0 Å². The Morgan fingerprint density at radius 1 is 0.938 bits per heavy atom. The number of aromatic nitrogens is 3. The Kier molecular flexibility index (Phi) is 5.11. The summed E-state index contributed by atoms with van der Waals surface area (Å²) in [5, 5.41) is 13.9. The first kappa shape index (κ1) is 20.2. The molecule has 3 aromatic heterocycles. The first-order valence-corrected chi connectivity index (χ1v) is 10.9. The zero-order valence-corrected chi connectivity index (χ0v) is 18.6. The predicted molar refractivity (Wildman–Crippen MR) is 129 cm³/mol. The smallest absolute Gasteiger partial charge is 0.174 e. The molecule has 7 heteroatoms. The average Bonchev–Trinajstić information content (AvgIpc) is 3.31. The largest absolute Gasteiger partial charge is 0.508 e. The highest BCUT2D eigenvalue weighted by molar-refractivity contribution is 7.80. The number of phenols is 1. The van der Waals surface area contributed by atoms with Crippen LogP contribution in [-0.4, -0.2) is 24.8 Å². The number of pyridine rings is 2. The standard InChI is InChI=1S/C25H23N5OS/c1-16-15-20(17(2)29(16)22-8-4-6-14-27-22)24-23(21-7-3-5-13-26-21)28-25(32)30(24)18-9-11-19(31)12-10-18/h3-15,23-24,31H,1-2H3,(H,28,32)/t23-,24-/m0/s1. The van der Waals surface area contributed by atoms with Gasteiger partial charge in [-0.1, -0.05) is 12.1 Å². The lowest BCUT2D eigenvalue weighted by Gasteiger charge is -2.28. The molecule has 32 heavy (non-hydrogen) atoms. The predicted octanol–water partition coefficient (Wildman–Crippen LogP) is 4.77. The maximum atomic E-state index is 9.80. The highest BCUT2D eigenvalue weighted by atomic mass is 32.1. The molecule has 1 aliphatic rings. The van der Waals surface area contributed by atoms with Crippen LogP contribution in [0.4, 0.5) is 5.69 Å². The number of anilines is 1. The van der Waals surface area contributed by atoms with Crippen molar-refractivity contribution in [3.8, 4) is 11.6 Å². The van der Waals surface area contributed by atoms with Gasteiger partial charge in [-0.2, -0.15) is 0 Å². The number of hydrogen-bond acceptors (Lipinski definition) is 4. The van der Waals surface area contributed by atoms with E-state index in [4.69, 9.17) is 12.2 Å². The monoisotopic (exact) mass is 441 g/mol. The molecule has 2 N–H and O–H groups in total. The Labute approximate surface area is 192 Å². The summed E-state index contributed by atoms with van der Waals surface area (Å²) in [5.41, 5.74) is 5.17. The van der Waals surface area contributed by atoms with E-state index in [1.165, 1.54) is 0 Å². The van der Waals surface area contributed by atoms with Gasteiger partial charge in [0, 0.05) is 29.5 Å². The number of nitrogens with zero attached hydrogens (tertiary/aromatic N) is 4. The summed E-state index contributed by atoms with van der Waals surface area (Å²) < 4.78 is 2.17. The maximum absolute atomic E-state index is 9.80. The second-order valence-electron chi connectivity index (χ2n) is 7.86. The van der Waals surface area contributed by atoms with E-state index < -0.39 is 0 Å². The number of hydrogen-bond donors (Lipinski definition) is 2. The molecule has 1 aromatic carbocycles. The minimum Gasteiger partial charge on any atom is -0.508 e. The molecule has 0 bridgehead atoms. The van der Waals surface area contributed by atoms with Crippen molar-refractivity contribution in [1.82, 2.24) is 19.9 Å². The van der Waals surface area contributed by atoms with E-state index in [1.54, 1.807) is 24.5 Å². The van der Waals surface area contributed by atoms with E-state index in [0.29, 0.717) is 5.11 Å². The van der Waals surface area contributed by atoms with Crippen LogP contribution < -0.4 is 10.2 Å². The number of aryl methyl sites for hydroxylation is 1. The normalized spacial score (nSPS) is 18.1. The first-order valence-electron chi connectivity index (χ1n) is 10.4. The van der Waals surface area contributed by atoms with E-state index in [2.05, 4.69) is 44.7 Å². The molecule has 5 rings (SSSR count). The third kappa shape index (κ3) is 3.40. The Morgan fingerprint density at radius 2 is 1.66 bits per heavy atom. The molecular formula is C25H23N5OS. The summed E-state index contributed by atoms with van der Waals surface area (Å²) in [6.45, 7) is 4.20. The van der Waals surface area contributed by atoms with Crippen LogP contribution in [0.1, 0.15) is 34.7 Å². The fraction of sp³-hybridized carbons (Fsp3) is 0.160. The third-order valence-corrected chi connectivity index (χ3v) is 6.21. The van der Waals surface area contributed by atoms with E-state index >= 15 is 0 Å². The molecule has 160 valence electrons. The summed E-state index contributed by atoms with van der Waals surface area (Å²) in [4.78, 5) is 11.3. The summed E-state index contributed by atoms with van der Waals surface area (Å²) in [6.07, 6.45) is 3.61. The zero-order chi connectivity index (χ0) is 22.2. The highest BCUT2D eigenvalue weighted by Crippen LogP contribution is 2.43. The van der Waals surface area contributed by atoms with Crippen molar-refractivity contribution in [2.45, 2.75) is 25.9 Å². The van der Waals surface area contributed by atoms with Crippen LogP contribution in [0.5, 0.6) is 5.75 Å². The van der Waals surface area contributed by atoms with Gasteiger partial charge in [0.15, 0.2) is 5.11 Å². The Morgan fingerprint density at radius 3 is 2.31 bits per heavy atom. The molecule has 1 saturated heterocycles. The Hall–Kier alpha value is -3.71. The molecule has 4 heterocycles. The average molecular weight is 442 g/mol. The van der Waals surface area contributed by atoms with Crippen molar-refractivity contribution in [2.75, 3.05) is 4.90 Å². The number of rotatable bonds is 4. The fourth-order valence-corrected chi connectivity index (χ4v) is 4.83. The van der Waals surface area contributed by atoms with Gasteiger partial charge in [-0.05, 0) is 86.2 Å². The lowest BCUT2D eigenvalue weighted by atomic mass is 9.96. The lowest BCUT2D eigenvalue weighted by molar-refractivity contribution is 0.475. The first-order chi connectivity index (χ1) is 15.5. The van der Waals surface area contributed by atoms with Gasteiger partial charge in [0.05, 0.1) is 17.8 Å². The maximum Gasteiger partial charge on any atom is 0.174 e. The van der Waals surface area contributed by atoms with Gasteiger partial charge in [0.2, 0.25) is 0 Å². The third-order valence-electron chi connectivity index (χ3n) is 5.89. The van der Waals surface area contributed by atoms with Crippen LogP contribution in [0.3, 0.4) is 0 Å². The molecule has 1 aliphatic heterocycles. The van der Waals surface area contributed by atoms with E-state index in [9.17, 15) is 5.11 Å². The van der Waals surface area contributed by atoms with Crippen molar-refractivity contribution >= 4 is 23.0 Å². The Bertz CT molecular complexity index is 1260. The van der Waals surface area contributed by atoms with Crippen LogP contribution in [-0.2, 0) is 0 Å². The molecule has 6 nitrogen and oxygen atoms in total. The molecule has 1 fully saturated rings. The second kappa shape index (κ2) is 8.09. The second-order valence-corrected chi connectivity index (χ2v) is 8.25. The topological polar surface area (TPSA) is 66.2 Å². The zero-order valence-electron chi connectivity index (χ0n) is 17.8. The van der Waals surface area contributed by atoms with Gasteiger partial charge in [-0.15, -0.1) is 0 Å². The quantitative estimate of drug-likeness (QED) is 0.445. The summed E-state index contributed by atoms with van der Waals surface area (Å²) in [7, 11) is 0. The molecule has 0 unspecified atom stereocenters. The molecule has 0 amide bonds. The number of phenolic OH excluding ortho intramolecular Hbond substituents is 1. The van der Waals surface area contributed by atoms with E-state index in [0.717, 1.165) is 34.2 Å². The van der Waals surface area contributed by atoms with Gasteiger partial charge in [-0.3, -0.25) is 4.98 Å². The minimum atomic E-state index is -0.129. The van der Waals surface area contributed by atoms with Gasteiger partial charge in [0.25, 0.3) is 0 Å². The van der Waals surface area contributed by atoms with Crippen molar-refractivity contribution in [3.05, 3.63) is 102 Å². The minimum absolute atomic E-state index is 0.120. The van der Waals surface area contributed by atoms with Crippen LogP contribution >= 0.6 is 12.2 Å². The summed E-state index contributed by atoms with van der Waals surface area (Å²) >= 11 is 5.79. The van der Waals surface area contributed by atoms with E-state index in [-0.39, 0.29) is 17.8 Å². The van der Waals surface area contributed by atoms with Crippen LogP contribution in [0.15, 0.2) is 79.1 Å². The van der Waals surface area contributed by atoms with Gasteiger partial charge < -0.3 is 19.9 Å². The Balaban J connectivity index is 1.68. The molecule has 0 spiro atoms. The van der Waals surface area contributed by atoms with Crippen LogP contribution in [0, 0.1) is 13.8 Å². The number of benzene rings is 1. The molecule has 0 aliphatic carbocycles.